The third kappa shape index (κ3) is 5.33. The Morgan fingerprint density at radius 3 is 2.35 bits per heavy atom. The topological polar surface area (TPSA) is 73.2 Å². The molecular formula is C25H16BrClFN3O2S. The quantitative estimate of drug-likeness (QED) is 0.295. The zero-order chi connectivity index (χ0) is 24.2. The number of anilines is 2. The third-order valence-electron chi connectivity index (χ3n) is 5.03. The molecule has 0 aromatic heterocycles. The summed E-state index contributed by atoms with van der Waals surface area (Å²) in [7, 11) is 0. The van der Waals surface area contributed by atoms with Crippen LogP contribution in [0.2, 0.25) is 5.02 Å². The molecule has 1 heterocycles. The van der Waals surface area contributed by atoms with Crippen molar-refractivity contribution in [1.29, 1.82) is 5.26 Å². The molecule has 34 heavy (non-hydrogen) atoms. The Balaban J connectivity index is 1.71. The molecule has 1 N–H and O–H groups in total. The Bertz CT molecular complexity index is 1310. The summed E-state index contributed by atoms with van der Waals surface area (Å²) in [6.45, 7) is 0. The Morgan fingerprint density at radius 1 is 1.09 bits per heavy atom. The van der Waals surface area contributed by atoms with Gasteiger partial charge in [-0.25, -0.2) is 4.39 Å². The lowest BCUT2D eigenvalue weighted by atomic mass is 10.1. The fourth-order valence-electron chi connectivity index (χ4n) is 3.37. The van der Waals surface area contributed by atoms with Crippen molar-refractivity contribution in [3.63, 3.8) is 0 Å². The Hall–Kier alpha value is -3.12. The minimum Gasteiger partial charge on any atom is -0.321 e. The van der Waals surface area contributed by atoms with Crippen LogP contribution >= 0.6 is 39.3 Å². The van der Waals surface area contributed by atoms with Crippen molar-refractivity contribution in [3.05, 3.63) is 104 Å². The number of halogens is 3. The first kappa shape index (κ1) is 24.0. The van der Waals surface area contributed by atoms with Crippen LogP contribution in [0.15, 0.2) is 87.9 Å². The highest BCUT2D eigenvalue weighted by Gasteiger charge is 2.40. The largest absolute Gasteiger partial charge is 0.321 e. The van der Waals surface area contributed by atoms with Crippen LogP contribution in [-0.4, -0.2) is 17.1 Å². The van der Waals surface area contributed by atoms with Gasteiger partial charge in [0.1, 0.15) is 22.5 Å². The maximum Gasteiger partial charge on any atom is 0.269 e. The molecule has 1 fully saturated rings. The number of carbonyl (C=O) groups excluding carboxylic acids is 2. The molecule has 0 bridgehead atoms. The molecule has 2 amide bonds. The molecule has 1 aliphatic heterocycles. The molecule has 1 aliphatic rings. The van der Waals surface area contributed by atoms with E-state index in [1.807, 2.05) is 18.2 Å². The van der Waals surface area contributed by atoms with Gasteiger partial charge in [-0.3, -0.25) is 14.5 Å². The van der Waals surface area contributed by atoms with Crippen LogP contribution in [0.3, 0.4) is 0 Å². The molecule has 170 valence electrons. The van der Waals surface area contributed by atoms with Gasteiger partial charge < -0.3 is 5.32 Å². The van der Waals surface area contributed by atoms with Gasteiger partial charge in [0, 0.05) is 20.9 Å². The predicted molar refractivity (Wildman–Crippen MR) is 136 cm³/mol. The molecule has 0 aliphatic carbocycles. The summed E-state index contributed by atoms with van der Waals surface area (Å²) in [5.41, 5.74) is 1.55. The molecule has 4 rings (SSSR count). The van der Waals surface area contributed by atoms with Crippen LogP contribution in [-0.2, 0) is 16.0 Å². The Morgan fingerprint density at radius 2 is 1.74 bits per heavy atom. The highest BCUT2D eigenvalue weighted by molar-refractivity contribution is 9.10. The smallest absolute Gasteiger partial charge is 0.269 e. The van der Waals surface area contributed by atoms with Crippen molar-refractivity contribution in [2.75, 3.05) is 10.2 Å². The molecule has 3 aromatic carbocycles. The van der Waals surface area contributed by atoms with Gasteiger partial charge in [0.2, 0.25) is 5.91 Å². The number of benzene rings is 3. The summed E-state index contributed by atoms with van der Waals surface area (Å²) in [6.07, 6.45) is 0.370. The van der Waals surface area contributed by atoms with Crippen molar-refractivity contribution >= 4 is 62.5 Å². The highest BCUT2D eigenvalue weighted by Crippen LogP contribution is 2.42. The van der Waals surface area contributed by atoms with Crippen molar-refractivity contribution < 1.29 is 14.0 Å². The number of amides is 2. The van der Waals surface area contributed by atoms with Crippen molar-refractivity contribution in [2.45, 2.75) is 11.7 Å². The molecule has 0 radical (unpaired) electrons. The van der Waals surface area contributed by atoms with Gasteiger partial charge in [-0.1, -0.05) is 51.4 Å². The predicted octanol–water partition coefficient (Wildman–Crippen LogP) is 6.31. The first-order valence-corrected chi connectivity index (χ1v) is 12.1. The zero-order valence-electron chi connectivity index (χ0n) is 17.5. The Labute approximate surface area is 213 Å². The summed E-state index contributed by atoms with van der Waals surface area (Å²) >= 11 is 10.4. The molecule has 0 unspecified atom stereocenters. The summed E-state index contributed by atoms with van der Waals surface area (Å²) < 4.78 is 14.4. The van der Waals surface area contributed by atoms with E-state index in [4.69, 9.17) is 11.6 Å². The van der Waals surface area contributed by atoms with Crippen LogP contribution in [0.5, 0.6) is 0 Å². The fourth-order valence-corrected chi connectivity index (χ4v) is 5.07. The van der Waals surface area contributed by atoms with Gasteiger partial charge in [-0.05, 0) is 72.6 Å². The van der Waals surface area contributed by atoms with Gasteiger partial charge >= 0.3 is 0 Å². The van der Waals surface area contributed by atoms with Gasteiger partial charge in [-0.2, -0.15) is 5.26 Å². The van der Waals surface area contributed by atoms with E-state index in [0.717, 1.165) is 21.8 Å². The normalized spacial score (nSPS) is 16.8. The number of rotatable bonds is 5. The van der Waals surface area contributed by atoms with E-state index in [-0.39, 0.29) is 16.5 Å². The third-order valence-corrected chi connectivity index (χ3v) is 7.07. The van der Waals surface area contributed by atoms with E-state index >= 15 is 0 Å². The number of hydrogen-bond donors (Lipinski definition) is 1. The van der Waals surface area contributed by atoms with E-state index in [1.54, 1.807) is 36.4 Å². The fraction of sp³-hybridized carbons (Fsp3) is 0.0800. The second-order valence-corrected chi connectivity index (χ2v) is 9.88. The summed E-state index contributed by atoms with van der Waals surface area (Å²) in [6, 6.07) is 21.3. The minimum absolute atomic E-state index is 0.202. The van der Waals surface area contributed by atoms with Crippen molar-refractivity contribution in [2.24, 2.45) is 0 Å². The van der Waals surface area contributed by atoms with Gasteiger partial charge in [0.15, 0.2) is 0 Å². The first-order valence-electron chi connectivity index (χ1n) is 10.1. The van der Waals surface area contributed by atoms with Crippen LogP contribution < -0.4 is 10.2 Å². The van der Waals surface area contributed by atoms with E-state index in [1.165, 1.54) is 29.2 Å². The van der Waals surface area contributed by atoms with Gasteiger partial charge in [0.25, 0.3) is 5.91 Å². The maximum absolute atomic E-state index is 13.5. The molecule has 1 atom stereocenters. The highest BCUT2D eigenvalue weighted by atomic mass is 79.9. The molecule has 5 nitrogen and oxygen atoms in total. The van der Waals surface area contributed by atoms with E-state index in [9.17, 15) is 19.2 Å². The summed E-state index contributed by atoms with van der Waals surface area (Å²) in [5.74, 6) is -1.40. The molecular weight excluding hydrogens is 541 g/mol. The van der Waals surface area contributed by atoms with Crippen LogP contribution in [0.4, 0.5) is 15.8 Å². The van der Waals surface area contributed by atoms with E-state index in [2.05, 4.69) is 21.2 Å². The lowest BCUT2D eigenvalue weighted by Gasteiger charge is -2.18. The van der Waals surface area contributed by atoms with E-state index < -0.39 is 17.0 Å². The summed E-state index contributed by atoms with van der Waals surface area (Å²) in [5, 5.41) is 12.8. The first-order chi connectivity index (χ1) is 16.4. The SMILES string of the molecule is N#C/C(C(=O)Nc1ccc(Br)cc1)=C1/S[C@@H](Cc2ccc(Cl)cc2)C(=O)N1c1ccc(F)cc1. The zero-order valence-corrected chi connectivity index (χ0v) is 20.6. The average molecular weight is 557 g/mol. The van der Waals surface area contributed by atoms with Crippen LogP contribution in [0.1, 0.15) is 5.56 Å². The molecule has 1 saturated heterocycles. The standard InChI is InChI=1S/C25H16BrClFN3O2S/c26-16-3-9-19(10-4-16)30-23(32)21(14-29)25-31(20-11-7-18(28)8-12-20)24(33)22(34-25)13-15-1-5-17(27)6-2-15/h1-12,22H,13H2,(H,30,32)/b25-21-/t22-/m0/s1. The van der Waals surface area contributed by atoms with Crippen LogP contribution in [0, 0.1) is 17.1 Å². The number of nitriles is 1. The maximum atomic E-state index is 13.5. The van der Waals surface area contributed by atoms with Crippen molar-refractivity contribution in [1.82, 2.24) is 0 Å². The van der Waals surface area contributed by atoms with Gasteiger partial charge in [-0.15, -0.1) is 0 Å². The lowest BCUT2D eigenvalue weighted by Crippen LogP contribution is -2.30. The molecule has 0 saturated carbocycles. The monoisotopic (exact) mass is 555 g/mol. The molecule has 0 spiro atoms. The Kier molecular flexibility index (Phi) is 7.37. The second kappa shape index (κ2) is 10.4. The average Bonchev–Trinajstić information content (AvgIpc) is 3.13. The number of nitrogens with zero attached hydrogens (tertiary/aromatic N) is 2. The van der Waals surface area contributed by atoms with Crippen molar-refractivity contribution in [3.8, 4) is 6.07 Å². The molecule has 9 heteroatoms. The number of hydrogen-bond acceptors (Lipinski definition) is 4. The van der Waals surface area contributed by atoms with E-state index in [0.29, 0.717) is 22.8 Å². The van der Waals surface area contributed by atoms with Crippen LogP contribution in [0.25, 0.3) is 0 Å². The number of nitrogens with one attached hydrogen (secondary N) is 1. The summed E-state index contributed by atoms with van der Waals surface area (Å²) in [4.78, 5) is 27.8. The minimum atomic E-state index is -0.639. The molecule has 3 aromatic rings. The second-order valence-electron chi connectivity index (χ2n) is 7.34. The number of carbonyl (C=O) groups is 2. The number of thioether (sulfide) groups is 1. The van der Waals surface area contributed by atoms with Gasteiger partial charge in [0.05, 0.1) is 5.25 Å². The lowest BCUT2D eigenvalue weighted by molar-refractivity contribution is -0.117.